The SMILES string of the molecule is Cc1c[nH]pc1C(F)(F)F. The quantitative estimate of drug-likeness (QED) is 0.611. The molecule has 0 unspecified atom stereocenters. The summed E-state index contributed by atoms with van der Waals surface area (Å²) in [4.78, 5) is 0. The predicted molar refractivity (Wildman–Crippen MR) is 33.0 cm³/mol. The summed E-state index contributed by atoms with van der Waals surface area (Å²) in [6.45, 7) is 1.44. The molecule has 0 aliphatic heterocycles. The van der Waals surface area contributed by atoms with Gasteiger partial charge < -0.3 is 4.75 Å². The van der Waals surface area contributed by atoms with Crippen LogP contribution in [-0.2, 0) is 6.18 Å². The fraction of sp³-hybridized carbons (Fsp3) is 0.400. The van der Waals surface area contributed by atoms with Crippen molar-refractivity contribution in [2.24, 2.45) is 0 Å². The molecule has 56 valence electrons. The van der Waals surface area contributed by atoms with Crippen molar-refractivity contribution in [3.63, 3.8) is 0 Å². The van der Waals surface area contributed by atoms with E-state index < -0.39 is 11.5 Å². The van der Waals surface area contributed by atoms with E-state index in [2.05, 4.69) is 4.75 Å². The van der Waals surface area contributed by atoms with Crippen LogP contribution in [0.2, 0.25) is 0 Å². The second kappa shape index (κ2) is 2.27. The first-order chi connectivity index (χ1) is 4.52. The molecule has 0 aromatic carbocycles. The summed E-state index contributed by atoms with van der Waals surface area (Å²) < 4.78 is 38.1. The Balaban J connectivity index is 3.05. The topological polar surface area (TPSA) is 15.8 Å². The van der Waals surface area contributed by atoms with Crippen LogP contribution in [-0.4, -0.2) is 4.75 Å². The summed E-state index contributed by atoms with van der Waals surface area (Å²) in [5.74, 6) is 0. The van der Waals surface area contributed by atoms with Gasteiger partial charge in [-0.1, -0.05) is 0 Å². The maximum Gasteiger partial charge on any atom is 0.422 e. The lowest BCUT2D eigenvalue weighted by Crippen LogP contribution is -2.02. The second-order valence-electron chi connectivity index (χ2n) is 1.91. The highest BCUT2D eigenvalue weighted by molar-refractivity contribution is 7.26. The molecule has 0 aliphatic carbocycles. The van der Waals surface area contributed by atoms with E-state index in [-0.39, 0.29) is 13.9 Å². The third kappa shape index (κ3) is 1.32. The van der Waals surface area contributed by atoms with Crippen molar-refractivity contribution in [2.75, 3.05) is 0 Å². The number of rotatable bonds is 0. The lowest BCUT2D eigenvalue weighted by molar-refractivity contribution is -0.134. The van der Waals surface area contributed by atoms with Gasteiger partial charge in [0.1, 0.15) is 5.30 Å². The molecule has 0 atom stereocenters. The Hall–Kier alpha value is -0.500. The van der Waals surface area contributed by atoms with Gasteiger partial charge in [0, 0.05) is 14.5 Å². The van der Waals surface area contributed by atoms with Gasteiger partial charge in [-0.2, -0.15) is 13.2 Å². The van der Waals surface area contributed by atoms with Crippen molar-refractivity contribution in [3.05, 3.63) is 17.1 Å². The summed E-state index contributed by atoms with van der Waals surface area (Å²) >= 11 is 0. The number of hydrogen-bond acceptors (Lipinski definition) is 0. The summed E-state index contributed by atoms with van der Waals surface area (Å²) in [6, 6.07) is 0. The van der Waals surface area contributed by atoms with E-state index in [1.54, 1.807) is 0 Å². The van der Waals surface area contributed by atoms with E-state index >= 15 is 0 Å². The van der Waals surface area contributed by atoms with Gasteiger partial charge in [0.15, 0.2) is 0 Å². The molecule has 5 heteroatoms. The second-order valence-corrected chi connectivity index (χ2v) is 2.84. The van der Waals surface area contributed by atoms with E-state index in [4.69, 9.17) is 0 Å². The van der Waals surface area contributed by atoms with Gasteiger partial charge >= 0.3 is 6.18 Å². The van der Waals surface area contributed by atoms with E-state index in [0.717, 1.165) is 0 Å². The minimum Gasteiger partial charge on any atom is -0.344 e. The molecule has 0 aliphatic rings. The minimum absolute atomic E-state index is 0.144. The summed E-state index contributed by atoms with van der Waals surface area (Å²) in [7, 11) is 0.144. The molecular weight excluding hydrogens is 162 g/mol. The van der Waals surface area contributed by atoms with Crippen LogP contribution < -0.4 is 0 Å². The van der Waals surface area contributed by atoms with Gasteiger partial charge in [-0.25, -0.2) is 0 Å². The Morgan fingerprint density at radius 3 is 2.30 bits per heavy atom. The highest BCUT2D eigenvalue weighted by Crippen LogP contribution is 2.36. The first-order valence-corrected chi connectivity index (χ1v) is 3.49. The molecule has 1 rings (SSSR count). The Labute approximate surface area is 57.4 Å². The summed E-state index contributed by atoms with van der Waals surface area (Å²) in [5, 5.41) is -0.493. The van der Waals surface area contributed by atoms with Crippen LogP contribution in [0.3, 0.4) is 0 Å². The lowest BCUT2D eigenvalue weighted by Gasteiger charge is -2.02. The maximum absolute atomic E-state index is 11.9. The zero-order valence-electron chi connectivity index (χ0n) is 5.16. The molecular formula is C5H5F3NP. The number of aromatic amines is 1. The Bertz CT molecular complexity index is 227. The monoisotopic (exact) mass is 167 g/mol. The van der Waals surface area contributed by atoms with Gasteiger partial charge in [0.05, 0.1) is 0 Å². The van der Waals surface area contributed by atoms with Crippen molar-refractivity contribution >= 4 is 8.35 Å². The Kier molecular flexibility index (Phi) is 1.73. The lowest BCUT2D eigenvalue weighted by atomic mass is 10.3. The summed E-state index contributed by atoms with van der Waals surface area (Å²) in [5.41, 5.74) is 0.272. The summed E-state index contributed by atoms with van der Waals surface area (Å²) in [6.07, 6.45) is -2.81. The van der Waals surface area contributed by atoms with Crippen LogP contribution in [0, 0.1) is 6.92 Å². The minimum atomic E-state index is -4.17. The number of halogens is 3. The van der Waals surface area contributed by atoms with Crippen LogP contribution in [0.1, 0.15) is 10.9 Å². The fourth-order valence-corrected chi connectivity index (χ4v) is 1.39. The molecule has 1 N–H and O–H groups in total. The molecule has 1 nitrogen and oxygen atoms in total. The highest BCUT2D eigenvalue weighted by Gasteiger charge is 2.33. The van der Waals surface area contributed by atoms with Gasteiger partial charge in [-0.05, 0) is 12.5 Å². The van der Waals surface area contributed by atoms with E-state index in [1.165, 1.54) is 13.1 Å². The first-order valence-electron chi connectivity index (χ1n) is 2.59. The standard InChI is InChI=1S/C5H5F3NP/c1-3-2-9-10-4(3)5(6,7)8/h2,9H,1H3. The number of aryl methyl sites for hydroxylation is 1. The van der Waals surface area contributed by atoms with Crippen LogP contribution in [0.5, 0.6) is 0 Å². The molecule has 1 aromatic heterocycles. The Morgan fingerprint density at radius 1 is 1.50 bits per heavy atom. The van der Waals surface area contributed by atoms with Gasteiger partial charge in [0.2, 0.25) is 0 Å². The number of H-pyrrole nitrogens is 1. The van der Waals surface area contributed by atoms with Crippen molar-refractivity contribution in [1.29, 1.82) is 0 Å². The molecule has 0 bridgehead atoms. The van der Waals surface area contributed by atoms with E-state index in [1.807, 2.05) is 0 Å². The number of alkyl halides is 3. The molecule has 0 saturated heterocycles. The van der Waals surface area contributed by atoms with Crippen LogP contribution in [0.25, 0.3) is 0 Å². The third-order valence-electron chi connectivity index (χ3n) is 1.10. The zero-order valence-corrected chi connectivity index (χ0v) is 6.05. The van der Waals surface area contributed by atoms with Gasteiger partial charge in [-0.15, -0.1) is 0 Å². The normalized spacial score (nSPS) is 12.8. The Morgan fingerprint density at radius 2 is 2.10 bits per heavy atom. The highest BCUT2D eigenvalue weighted by atomic mass is 31.0. The molecule has 0 saturated carbocycles. The number of nitrogens with one attached hydrogen (secondary N) is 1. The molecule has 1 heterocycles. The third-order valence-corrected chi connectivity index (χ3v) is 2.19. The predicted octanol–water partition coefficient (Wildman–Crippen LogP) is 2.92. The van der Waals surface area contributed by atoms with Gasteiger partial charge in [0.25, 0.3) is 0 Å². The fourth-order valence-electron chi connectivity index (χ4n) is 0.637. The first kappa shape index (κ1) is 7.61. The molecule has 0 amide bonds. The average Bonchev–Trinajstić information content (AvgIpc) is 2.11. The smallest absolute Gasteiger partial charge is 0.344 e. The van der Waals surface area contributed by atoms with E-state index in [0.29, 0.717) is 0 Å². The van der Waals surface area contributed by atoms with Crippen molar-refractivity contribution in [3.8, 4) is 0 Å². The van der Waals surface area contributed by atoms with Gasteiger partial charge in [-0.3, -0.25) is 0 Å². The van der Waals surface area contributed by atoms with E-state index in [9.17, 15) is 13.2 Å². The van der Waals surface area contributed by atoms with Crippen molar-refractivity contribution in [2.45, 2.75) is 13.1 Å². The van der Waals surface area contributed by atoms with Crippen LogP contribution >= 0.6 is 8.35 Å². The largest absolute Gasteiger partial charge is 0.422 e. The van der Waals surface area contributed by atoms with Crippen LogP contribution in [0.4, 0.5) is 13.2 Å². The van der Waals surface area contributed by atoms with Crippen LogP contribution in [0.15, 0.2) is 6.20 Å². The van der Waals surface area contributed by atoms with Crippen molar-refractivity contribution in [1.82, 2.24) is 4.75 Å². The zero-order chi connectivity index (χ0) is 7.78. The molecule has 10 heavy (non-hydrogen) atoms. The molecule has 0 radical (unpaired) electrons. The number of hydrogen-bond donors (Lipinski definition) is 1. The average molecular weight is 167 g/mol. The number of aromatic nitrogens is 1. The molecule has 1 aromatic rings. The molecule has 0 spiro atoms. The maximum atomic E-state index is 11.9. The molecule has 0 fully saturated rings. The van der Waals surface area contributed by atoms with Crippen molar-refractivity contribution < 1.29 is 13.2 Å².